The third-order valence-corrected chi connectivity index (χ3v) is 4.41. The molecular weight excluding hydrogens is 265 g/mol. The summed E-state index contributed by atoms with van der Waals surface area (Å²) < 4.78 is 5.14. The SMILES string of the molecule is C#CC1(NC(=O)c2ccc3c(c2)B(O)OC3)CCCCC1. The van der Waals surface area contributed by atoms with Crippen molar-refractivity contribution in [2.45, 2.75) is 44.2 Å². The highest BCUT2D eigenvalue weighted by atomic mass is 16.5. The molecule has 1 aliphatic heterocycles. The molecule has 0 atom stereocenters. The van der Waals surface area contributed by atoms with E-state index in [9.17, 15) is 9.82 Å². The van der Waals surface area contributed by atoms with Crippen LogP contribution in [0.3, 0.4) is 0 Å². The minimum absolute atomic E-state index is 0.184. The zero-order chi connectivity index (χ0) is 14.9. The van der Waals surface area contributed by atoms with E-state index in [-0.39, 0.29) is 5.91 Å². The van der Waals surface area contributed by atoms with Crippen LogP contribution in [0.25, 0.3) is 0 Å². The van der Waals surface area contributed by atoms with Crippen molar-refractivity contribution in [2.75, 3.05) is 0 Å². The molecule has 1 saturated carbocycles. The van der Waals surface area contributed by atoms with Crippen LogP contribution in [0, 0.1) is 12.3 Å². The van der Waals surface area contributed by atoms with E-state index in [0.29, 0.717) is 17.6 Å². The molecule has 108 valence electrons. The summed E-state index contributed by atoms with van der Waals surface area (Å²) in [6.07, 6.45) is 10.6. The number of rotatable bonds is 2. The van der Waals surface area contributed by atoms with Crippen LogP contribution in [0.1, 0.15) is 48.0 Å². The topological polar surface area (TPSA) is 58.6 Å². The molecule has 1 aromatic carbocycles. The first-order valence-electron chi connectivity index (χ1n) is 7.36. The van der Waals surface area contributed by atoms with E-state index < -0.39 is 12.7 Å². The number of terminal acetylenes is 1. The molecule has 0 radical (unpaired) electrons. The van der Waals surface area contributed by atoms with Gasteiger partial charge in [0.25, 0.3) is 5.91 Å². The lowest BCUT2D eigenvalue weighted by Gasteiger charge is -2.33. The molecule has 3 rings (SSSR count). The molecule has 0 spiro atoms. The number of benzene rings is 1. The van der Waals surface area contributed by atoms with Crippen LogP contribution in [-0.2, 0) is 11.3 Å². The summed E-state index contributed by atoms with van der Waals surface area (Å²) in [6, 6.07) is 5.27. The Morgan fingerprint density at radius 2 is 2.14 bits per heavy atom. The van der Waals surface area contributed by atoms with Gasteiger partial charge in [0.05, 0.1) is 6.61 Å². The zero-order valence-electron chi connectivity index (χ0n) is 11.9. The fourth-order valence-electron chi connectivity index (χ4n) is 3.11. The van der Waals surface area contributed by atoms with Gasteiger partial charge in [-0.2, -0.15) is 0 Å². The first kappa shape index (κ1) is 14.2. The number of nitrogens with one attached hydrogen (secondary N) is 1. The van der Waals surface area contributed by atoms with Crippen LogP contribution in [0.2, 0.25) is 0 Å². The molecule has 1 amide bonds. The van der Waals surface area contributed by atoms with Crippen LogP contribution in [0.4, 0.5) is 0 Å². The Labute approximate surface area is 125 Å². The molecule has 1 aliphatic carbocycles. The minimum Gasteiger partial charge on any atom is -0.423 e. The summed E-state index contributed by atoms with van der Waals surface area (Å²) in [7, 11) is -0.941. The Morgan fingerprint density at radius 3 is 2.86 bits per heavy atom. The molecular formula is C16H18BNO3. The average molecular weight is 283 g/mol. The van der Waals surface area contributed by atoms with E-state index in [2.05, 4.69) is 11.2 Å². The Hall–Kier alpha value is -1.77. The second-order valence-electron chi connectivity index (χ2n) is 5.82. The highest BCUT2D eigenvalue weighted by molar-refractivity contribution is 6.61. The Morgan fingerprint density at radius 1 is 1.38 bits per heavy atom. The van der Waals surface area contributed by atoms with Crippen molar-refractivity contribution in [3.63, 3.8) is 0 Å². The summed E-state index contributed by atoms with van der Waals surface area (Å²) in [5.74, 6) is 2.59. The standard InChI is InChI=1S/C16H18BNO3/c1-2-16(8-4-3-5-9-16)18-15(19)12-6-7-13-11-21-17(20)14(13)10-12/h1,6-7,10,20H,3-5,8-9,11H2,(H,18,19). The summed E-state index contributed by atoms with van der Waals surface area (Å²) >= 11 is 0. The Balaban J connectivity index is 1.80. The highest BCUT2D eigenvalue weighted by Crippen LogP contribution is 2.28. The van der Waals surface area contributed by atoms with Crippen molar-refractivity contribution in [2.24, 2.45) is 0 Å². The van der Waals surface area contributed by atoms with Crippen molar-refractivity contribution in [3.05, 3.63) is 29.3 Å². The lowest BCUT2D eigenvalue weighted by molar-refractivity contribution is 0.0904. The van der Waals surface area contributed by atoms with Gasteiger partial charge in [0.2, 0.25) is 0 Å². The summed E-state index contributed by atoms with van der Waals surface area (Å²) in [5, 5.41) is 12.7. The minimum atomic E-state index is -0.941. The van der Waals surface area contributed by atoms with Crippen LogP contribution in [0.5, 0.6) is 0 Å². The van der Waals surface area contributed by atoms with E-state index in [1.165, 1.54) is 6.42 Å². The monoisotopic (exact) mass is 283 g/mol. The smallest absolute Gasteiger partial charge is 0.423 e. The quantitative estimate of drug-likeness (QED) is 0.628. The van der Waals surface area contributed by atoms with E-state index in [1.54, 1.807) is 12.1 Å². The van der Waals surface area contributed by atoms with Gasteiger partial charge in [-0.25, -0.2) is 0 Å². The second kappa shape index (κ2) is 5.55. The van der Waals surface area contributed by atoms with Gasteiger partial charge in [-0.1, -0.05) is 31.2 Å². The van der Waals surface area contributed by atoms with Crippen LogP contribution in [0.15, 0.2) is 18.2 Å². The van der Waals surface area contributed by atoms with Crippen LogP contribution >= 0.6 is 0 Å². The summed E-state index contributed by atoms with van der Waals surface area (Å²) in [4.78, 5) is 12.5. The number of hydrogen-bond acceptors (Lipinski definition) is 3. The van der Waals surface area contributed by atoms with Gasteiger partial charge in [-0.05, 0) is 36.0 Å². The molecule has 1 aromatic rings. The van der Waals surface area contributed by atoms with E-state index in [0.717, 1.165) is 31.2 Å². The van der Waals surface area contributed by atoms with Gasteiger partial charge in [0.15, 0.2) is 0 Å². The Bertz CT molecular complexity index is 602. The van der Waals surface area contributed by atoms with Crippen molar-refractivity contribution in [3.8, 4) is 12.3 Å². The van der Waals surface area contributed by atoms with Crippen LogP contribution in [-0.4, -0.2) is 23.6 Å². The molecule has 0 saturated heterocycles. The maximum absolute atomic E-state index is 12.5. The number of fused-ring (bicyclic) bond motifs is 1. The van der Waals surface area contributed by atoms with E-state index in [4.69, 9.17) is 11.1 Å². The molecule has 0 aromatic heterocycles. The molecule has 2 aliphatic rings. The predicted octanol–water partition coefficient (Wildman–Crippen LogP) is 0.970. The largest absolute Gasteiger partial charge is 0.491 e. The van der Waals surface area contributed by atoms with Crippen molar-refractivity contribution in [1.82, 2.24) is 5.32 Å². The molecule has 0 bridgehead atoms. The third kappa shape index (κ3) is 2.69. The summed E-state index contributed by atoms with van der Waals surface area (Å²) in [5.41, 5.74) is 1.58. The summed E-state index contributed by atoms with van der Waals surface area (Å²) in [6.45, 7) is 0.382. The molecule has 4 nitrogen and oxygen atoms in total. The highest BCUT2D eigenvalue weighted by Gasteiger charge is 2.33. The molecule has 0 unspecified atom stereocenters. The molecule has 21 heavy (non-hydrogen) atoms. The van der Waals surface area contributed by atoms with E-state index >= 15 is 0 Å². The van der Waals surface area contributed by atoms with Crippen LogP contribution < -0.4 is 10.8 Å². The zero-order valence-corrected chi connectivity index (χ0v) is 11.9. The van der Waals surface area contributed by atoms with Gasteiger partial charge in [-0.3, -0.25) is 4.79 Å². The van der Waals surface area contributed by atoms with E-state index in [1.807, 2.05) is 6.07 Å². The number of carbonyl (C=O) groups is 1. The molecule has 1 fully saturated rings. The fraction of sp³-hybridized carbons (Fsp3) is 0.438. The van der Waals surface area contributed by atoms with Crippen molar-refractivity contribution in [1.29, 1.82) is 0 Å². The number of amides is 1. The first-order chi connectivity index (χ1) is 10.1. The lowest BCUT2D eigenvalue weighted by Crippen LogP contribution is -2.48. The third-order valence-electron chi connectivity index (χ3n) is 4.41. The van der Waals surface area contributed by atoms with Gasteiger partial charge in [0, 0.05) is 5.56 Å². The maximum Gasteiger partial charge on any atom is 0.491 e. The van der Waals surface area contributed by atoms with Gasteiger partial charge >= 0.3 is 7.12 Å². The maximum atomic E-state index is 12.5. The normalized spacial score (nSPS) is 19.7. The van der Waals surface area contributed by atoms with Crippen molar-refractivity contribution >= 4 is 18.5 Å². The number of carbonyl (C=O) groups excluding carboxylic acids is 1. The lowest BCUT2D eigenvalue weighted by atomic mass is 9.78. The molecule has 5 heteroatoms. The second-order valence-corrected chi connectivity index (χ2v) is 5.82. The Kier molecular flexibility index (Phi) is 3.75. The first-order valence-corrected chi connectivity index (χ1v) is 7.36. The fourth-order valence-corrected chi connectivity index (χ4v) is 3.11. The van der Waals surface area contributed by atoms with Crippen molar-refractivity contribution < 1.29 is 14.5 Å². The van der Waals surface area contributed by atoms with Gasteiger partial charge < -0.3 is 15.0 Å². The van der Waals surface area contributed by atoms with Gasteiger partial charge in [-0.15, -0.1) is 6.42 Å². The average Bonchev–Trinajstić information content (AvgIpc) is 2.89. The molecule has 2 N–H and O–H groups in total. The predicted molar refractivity (Wildman–Crippen MR) is 81.0 cm³/mol. The molecule has 1 heterocycles. The number of hydrogen-bond donors (Lipinski definition) is 2. The van der Waals surface area contributed by atoms with Gasteiger partial charge in [0.1, 0.15) is 5.54 Å².